The predicted molar refractivity (Wildman–Crippen MR) is 292 cm³/mol. The summed E-state index contributed by atoms with van der Waals surface area (Å²) in [6.45, 7) is 23.0. The Hall–Kier alpha value is -5.34. The molecule has 0 bridgehead atoms. The predicted octanol–water partition coefficient (Wildman–Crippen LogP) is 20.0. The second-order valence-electron chi connectivity index (χ2n) is 21.4. The summed E-state index contributed by atoms with van der Waals surface area (Å²) in [4.78, 5) is 5.11. The van der Waals surface area contributed by atoms with E-state index < -0.39 is 0 Å². The van der Waals surface area contributed by atoms with Crippen LogP contribution in [0.2, 0.25) is 0 Å². The van der Waals surface area contributed by atoms with Crippen LogP contribution in [0, 0.1) is 13.8 Å². The second-order valence-corrected chi connectivity index (χ2v) is 21.4. The van der Waals surface area contributed by atoms with Gasteiger partial charge in [-0.3, -0.25) is 0 Å². The molecule has 0 aliphatic carbocycles. The second kappa shape index (κ2) is 22.0. The number of nitrogens with zero attached hydrogens (tertiary/aromatic N) is 2. The molecule has 7 aromatic carbocycles. The summed E-state index contributed by atoms with van der Waals surface area (Å²) in [5, 5.41) is 4.99. The number of fused-ring (bicyclic) bond motifs is 2. The molecule has 2 heteroatoms. The van der Waals surface area contributed by atoms with Crippen molar-refractivity contribution in [3.63, 3.8) is 0 Å². The number of aryl methyl sites for hydroxylation is 4. The Morgan fingerprint density at radius 2 is 0.636 bits per heavy atom. The lowest BCUT2D eigenvalue weighted by Crippen LogP contribution is -2.17. The van der Waals surface area contributed by atoms with E-state index in [4.69, 9.17) is 0 Å². The van der Waals surface area contributed by atoms with E-state index in [-0.39, 0.29) is 10.8 Å². The van der Waals surface area contributed by atoms with Crippen molar-refractivity contribution in [2.75, 3.05) is 9.80 Å². The number of hydrogen-bond acceptors (Lipinski definition) is 2. The van der Waals surface area contributed by atoms with Crippen LogP contribution in [0.3, 0.4) is 0 Å². The first kappa shape index (κ1) is 48.6. The number of rotatable bonds is 20. The van der Waals surface area contributed by atoms with Gasteiger partial charge in [-0.05, 0) is 133 Å². The number of benzene rings is 7. The Balaban J connectivity index is 1.48. The third-order valence-electron chi connectivity index (χ3n) is 13.9. The zero-order valence-electron chi connectivity index (χ0n) is 42.5. The average Bonchev–Trinajstić information content (AvgIpc) is 3.30. The highest BCUT2D eigenvalue weighted by atomic mass is 15.2. The van der Waals surface area contributed by atoms with Crippen molar-refractivity contribution in [2.45, 2.75) is 170 Å². The summed E-state index contributed by atoms with van der Waals surface area (Å²) in [6, 6.07) is 52.0. The molecule has 0 spiro atoms. The Labute approximate surface area is 400 Å². The standard InChI is InChI=1S/C64H80N2/c1-11-13-15-17-19-21-23-49-29-39-55(40-30-49)65(53-35-25-47(3)26-36-53)61-57-43-33-52(64(8,9)10)46-60(57)62(58-44-34-51(45-59(58)61)63(5,6)7)66(54-37-27-48(4)28-38-54)56-41-31-50(32-42-56)24-22-20-18-16-14-12-2/h25-46H,11-24H2,1-10H3. The van der Waals surface area contributed by atoms with Gasteiger partial charge in [-0.2, -0.15) is 0 Å². The average molecular weight is 877 g/mol. The molecule has 0 aliphatic rings. The Bertz CT molecular complexity index is 2430. The molecule has 0 radical (unpaired) electrons. The summed E-state index contributed by atoms with van der Waals surface area (Å²) in [5.74, 6) is 0. The van der Waals surface area contributed by atoms with E-state index in [9.17, 15) is 0 Å². The molecule has 7 rings (SSSR count). The molecule has 7 aromatic rings. The molecule has 0 saturated heterocycles. The molecule has 0 N–H and O–H groups in total. The van der Waals surface area contributed by atoms with E-state index in [1.54, 1.807) is 0 Å². The molecule has 66 heavy (non-hydrogen) atoms. The molecule has 0 aromatic heterocycles. The van der Waals surface area contributed by atoms with Crippen LogP contribution in [0.5, 0.6) is 0 Å². The molecule has 2 nitrogen and oxygen atoms in total. The number of unbranched alkanes of at least 4 members (excludes halogenated alkanes) is 10. The molecule has 346 valence electrons. The molecule has 0 heterocycles. The molecule has 0 saturated carbocycles. The van der Waals surface area contributed by atoms with Crippen LogP contribution < -0.4 is 9.80 Å². The van der Waals surface area contributed by atoms with Gasteiger partial charge in [0.15, 0.2) is 0 Å². The van der Waals surface area contributed by atoms with E-state index in [2.05, 4.69) is 212 Å². The monoisotopic (exact) mass is 877 g/mol. The van der Waals surface area contributed by atoms with E-state index in [0.29, 0.717) is 0 Å². The molecule has 0 aliphatic heterocycles. The molecular formula is C64H80N2. The van der Waals surface area contributed by atoms with Crippen LogP contribution in [-0.4, -0.2) is 0 Å². The minimum atomic E-state index is -0.0496. The zero-order chi connectivity index (χ0) is 46.8. The zero-order valence-corrected chi connectivity index (χ0v) is 42.5. The van der Waals surface area contributed by atoms with Crippen LogP contribution in [0.25, 0.3) is 21.5 Å². The quantitative estimate of drug-likeness (QED) is 0.0428. The first-order chi connectivity index (χ1) is 31.8. The SMILES string of the molecule is CCCCCCCCc1ccc(N(c2ccc(C)cc2)c2c3ccc(C(C)(C)C)cc3c(N(c3ccc(C)cc3)c3ccc(CCCCCCCC)cc3)c3ccc(C(C)(C)C)cc23)cc1. The van der Waals surface area contributed by atoms with Crippen molar-refractivity contribution in [2.24, 2.45) is 0 Å². The third kappa shape index (κ3) is 11.8. The fraction of sp³-hybridized carbons (Fsp3) is 0.406. The highest BCUT2D eigenvalue weighted by molar-refractivity contribution is 6.23. The van der Waals surface area contributed by atoms with Crippen molar-refractivity contribution in [3.05, 3.63) is 167 Å². The van der Waals surface area contributed by atoms with Crippen LogP contribution in [0.15, 0.2) is 133 Å². The van der Waals surface area contributed by atoms with Gasteiger partial charge in [0.1, 0.15) is 0 Å². The van der Waals surface area contributed by atoms with Crippen molar-refractivity contribution in [1.82, 2.24) is 0 Å². The van der Waals surface area contributed by atoms with E-state index in [0.717, 1.165) is 24.2 Å². The Morgan fingerprint density at radius 1 is 0.333 bits per heavy atom. The van der Waals surface area contributed by atoms with Gasteiger partial charge in [0.05, 0.1) is 11.4 Å². The van der Waals surface area contributed by atoms with E-state index in [1.165, 1.54) is 155 Å². The maximum Gasteiger partial charge on any atom is 0.0620 e. The van der Waals surface area contributed by atoms with Crippen molar-refractivity contribution < 1.29 is 0 Å². The normalized spacial score (nSPS) is 12.0. The van der Waals surface area contributed by atoms with Crippen LogP contribution in [0.1, 0.15) is 166 Å². The molecular weight excluding hydrogens is 797 g/mol. The molecule has 0 atom stereocenters. The van der Waals surface area contributed by atoms with Gasteiger partial charge in [0.25, 0.3) is 0 Å². The summed E-state index contributed by atoms with van der Waals surface area (Å²) in [7, 11) is 0. The highest BCUT2D eigenvalue weighted by Gasteiger charge is 2.28. The lowest BCUT2D eigenvalue weighted by molar-refractivity contribution is 0.590. The minimum Gasteiger partial charge on any atom is -0.309 e. The van der Waals surface area contributed by atoms with Crippen LogP contribution in [-0.2, 0) is 23.7 Å². The fourth-order valence-corrected chi connectivity index (χ4v) is 9.64. The summed E-state index contributed by atoms with van der Waals surface area (Å²) in [5.41, 5.74) is 15.0. The summed E-state index contributed by atoms with van der Waals surface area (Å²) >= 11 is 0. The third-order valence-corrected chi connectivity index (χ3v) is 13.9. The van der Waals surface area contributed by atoms with Crippen LogP contribution >= 0.6 is 0 Å². The first-order valence-corrected chi connectivity index (χ1v) is 25.7. The summed E-state index contributed by atoms with van der Waals surface area (Å²) in [6.07, 6.45) is 18.0. The fourth-order valence-electron chi connectivity index (χ4n) is 9.64. The smallest absolute Gasteiger partial charge is 0.0620 e. The first-order valence-electron chi connectivity index (χ1n) is 25.7. The summed E-state index contributed by atoms with van der Waals surface area (Å²) < 4.78 is 0. The maximum atomic E-state index is 2.55. The van der Waals surface area contributed by atoms with Gasteiger partial charge >= 0.3 is 0 Å². The lowest BCUT2D eigenvalue weighted by Gasteiger charge is -2.34. The molecule has 0 amide bonds. The number of anilines is 6. The van der Waals surface area contributed by atoms with Crippen molar-refractivity contribution >= 4 is 55.7 Å². The minimum absolute atomic E-state index is 0.0496. The van der Waals surface area contributed by atoms with Gasteiger partial charge in [0, 0.05) is 44.3 Å². The van der Waals surface area contributed by atoms with Gasteiger partial charge in [0.2, 0.25) is 0 Å². The van der Waals surface area contributed by atoms with E-state index >= 15 is 0 Å². The van der Waals surface area contributed by atoms with Gasteiger partial charge in [-0.15, -0.1) is 0 Å². The van der Waals surface area contributed by atoms with Crippen molar-refractivity contribution in [1.29, 1.82) is 0 Å². The Kier molecular flexibility index (Phi) is 16.2. The van der Waals surface area contributed by atoms with Crippen LogP contribution in [0.4, 0.5) is 34.1 Å². The molecule has 0 unspecified atom stereocenters. The molecule has 0 fully saturated rings. The largest absolute Gasteiger partial charge is 0.309 e. The van der Waals surface area contributed by atoms with Gasteiger partial charge < -0.3 is 9.80 Å². The number of hydrogen-bond donors (Lipinski definition) is 0. The topological polar surface area (TPSA) is 6.48 Å². The van der Waals surface area contributed by atoms with Gasteiger partial charge in [-0.25, -0.2) is 0 Å². The van der Waals surface area contributed by atoms with Gasteiger partial charge in [-0.1, -0.05) is 204 Å². The van der Waals surface area contributed by atoms with E-state index in [1.807, 2.05) is 0 Å². The lowest BCUT2D eigenvalue weighted by atomic mass is 9.82. The Morgan fingerprint density at radius 3 is 0.955 bits per heavy atom. The van der Waals surface area contributed by atoms with Crippen molar-refractivity contribution in [3.8, 4) is 0 Å². The highest BCUT2D eigenvalue weighted by Crippen LogP contribution is 2.52. The maximum absolute atomic E-state index is 2.55.